The number of alkyl halides is 1. The molecule has 1 aliphatic heterocycles. The molecule has 0 bridgehead atoms. The summed E-state index contributed by atoms with van der Waals surface area (Å²) in [6, 6.07) is 13.2. The van der Waals surface area contributed by atoms with Crippen molar-refractivity contribution < 1.29 is 47.7 Å². The van der Waals surface area contributed by atoms with Crippen molar-refractivity contribution in [1.29, 1.82) is 0 Å². The van der Waals surface area contributed by atoms with Crippen LogP contribution in [0.2, 0.25) is 0 Å². The number of benzene rings is 2. The number of ketones is 2. The fourth-order valence-corrected chi connectivity index (χ4v) is 10.3. The third-order valence-electron chi connectivity index (χ3n) is 12.8. The SMILES string of the molecule is C[C@]12C=CC(=O)C=C1CC[C@H]1[C@@H]3C[C@H]4O[C@@H](c5cccc(Cc6ccc(CO)c(N)c6)c5)O[C@@]4(C(=O)COC(=O)C[N+](C)(C)C)[C@@]3(C)C[C@H](O)[C@@]12F. The Balaban J connectivity index is 1.22. The number of nitrogens with two attached hydrogens (primary N) is 1. The van der Waals surface area contributed by atoms with Gasteiger partial charge >= 0.3 is 5.97 Å². The van der Waals surface area contributed by atoms with Crippen LogP contribution in [0, 0.1) is 22.7 Å². The summed E-state index contributed by atoms with van der Waals surface area (Å²) in [6.07, 6.45) is 2.91. The van der Waals surface area contributed by atoms with E-state index in [1.54, 1.807) is 19.1 Å². The number of carbonyl (C=O) groups excluding carboxylic acids is 3. The number of nitrogens with zero attached hydrogens (tertiary/aromatic N) is 1. The number of esters is 1. The van der Waals surface area contributed by atoms with Gasteiger partial charge in [-0.3, -0.25) is 9.59 Å². The van der Waals surface area contributed by atoms with Gasteiger partial charge in [0.15, 0.2) is 36.5 Å². The van der Waals surface area contributed by atoms with Crippen LogP contribution in [0.4, 0.5) is 10.1 Å². The molecule has 5 aliphatic rings. The van der Waals surface area contributed by atoms with Crippen molar-refractivity contribution in [3.8, 4) is 0 Å². The maximum Gasteiger partial charge on any atom is 0.362 e. The van der Waals surface area contributed by atoms with Crippen molar-refractivity contribution in [2.24, 2.45) is 22.7 Å². The minimum atomic E-state index is -2.09. The van der Waals surface area contributed by atoms with Gasteiger partial charge in [-0.15, -0.1) is 0 Å². The average Bonchev–Trinajstić information content (AvgIpc) is 3.57. The van der Waals surface area contributed by atoms with E-state index in [9.17, 15) is 24.6 Å². The molecule has 10 nitrogen and oxygen atoms in total. The van der Waals surface area contributed by atoms with E-state index in [4.69, 9.17) is 19.9 Å². The van der Waals surface area contributed by atoms with Gasteiger partial charge in [-0.2, -0.15) is 0 Å². The molecule has 11 heteroatoms. The fourth-order valence-electron chi connectivity index (χ4n) is 10.3. The zero-order valence-electron chi connectivity index (χ0n) is 30.6. The van der Waals surface area contributed by atoms with Gasteiger partial charge in [0.25, 0.3) is 0 Å². The lowest BCUT2D eigenvalue weighted by Gasteiger charge is -2.62. The second kappa shape index (κ2) is 12.7. The van der Waals surface area contributed by atoms with Crippen LogP contribution in [0.1, 0.15) is 68.1 Å². The van der Waals surface area contributed by atoms with Crippen molar-refractivity contribution in [3.05, 3.63) is 88.5 Å². The van der Waals surface area contributed by atoms with Crippen LogP contribution in [-0.4, -0.2) is 90.0 Å². The first-order chi connectivity index (χ1) is 24.4. The number of ether oxygens (including phenoxy) is 3. The lowest BCUT2D eigenvalue weighted by atomic mass is 9.44. The maximum atomic E-state index is 17.9. The van der Waals surface area contributed by atoms with Gasteiger partial charge in [0.05, 0.1) is 40.0 Å². The summed E-state index contributed by atoms with van der Waals surface area (Å²) < 4.78 is 37.3. The number of rotatable bonds is 9. The summed E-state index contributed by atoms with van der Waals surface area (Å²) >= 11 is 0. The molecule has 2 aromatic rings. The summed E-state index contributed by atoms with van der Waals surface area (Å²) in [5.41, 5.74) is 4.57. The molecule has 1 saturated heterocycles. The highest BCUT2D eigenvalue weighted by Crippen LogP contribution is 2.72. The third kappa shape index (κ3) is 5.58. The van der Waals surface area contributed by atoms with Crippen LogP contribution in [0.15, 0.2) is 66.3 Å². The number of anilines is 1. The average molecular weight is 718 g/mol. The molecule has 3 saturated carbocycles. The second-order valence-electron chi connectivity index (χ2n) is 17.0. The fraction of sp³-hybridized carbons (Fsp3) is 0.537. The van der Waals surface area contributed by atoms with Crippen LogP contribution in [0.25, 0.3) is 0 Å². The Hall–Kier alpha value is -3.74. The predicted molar refractivity (Wildman–Crippen MR) is 190 cm³/mol. The Bertz CT molecular complexity index is 1870. The normalized spacial score (nSPS) is 36.3. The Labute approximate surface area is 304 Å². The summed E-state index contributed by atoms with van der Waals surface area (Å²) in [5.74, 6) is -2.27. The van der Waals surface area contributed by atoms with Crippen molar-refractivity contribution in [1.82, 2.24) is 0 Å². The van der Waals surface area contributed by atoms with Crippen LogP contribution in [0.5, 0.6) is 0 Å². The van der Waals surface area contributed by atoms with Gasteiger partial charge in [-0.25, -0.2) is 9.18 Å². The molecular formula is C41H50FN2O8+. The minimum Gasteiger partial charge on any atom is -0.453 e. The zero-order chi connectivity index (χ0) is 37.4. The Morgan fingerprint density at radius 3 is 2.56 bits per heavy atom. The molecule has 0 spiro atoms. The standard InChI is InChI=1S/C41H50FN2O8/c1-38-14-13-29(46)18-28(38)11-12-30-31-19-35-41(39(31,2)20-33(47)40(30,38)42,34(48)23-50-36(49)21-44(3,4)5)52-37(51-35)26-8-6-7-24(16-26)15-25-9-10-27(22-45)32(43)17-25/h6-10,13-14,16-18,30-31,33,35,37,45,47H,11-12,15,19-23,43H2,1-5H3/q+1/t30-,31-,33-,35+,37+,38-,39-,40-,41+/m0/s1. The van der Waals surface area contributed by atoms with Gasteiger partial charge in [0.1, 0.15) is 0 Å². The van der Waals surface area contributed by atoms with Crippen molar-refractivity contribution in [2.45, 2.75) is 82.3 Å². The monoisotopic (exact) mass is 717 g/mol. The largest absolute Gasteiger partial charge is 0.453 e. The molecule has 2 aromatic carbocycles. The number of fused-ring (bicyclic) bond motifs is 7. The van der Waals surface area contributed by atoms with E-state index in [1.165, 1.54) is 12.2 Å². The van der Waals surface area contributed by atoms with Crippen LogP contribution < -0.4 is 5.73 Å². The Morgan fingerprint density at radius 1 is 1.10 bits per heavy atom. The molecule has 0 radical (unpaired) electrons. The van der Waals surface area contributed by atoms with E-state index < -0.39 is 70.8 Å². The molecule has 4 fully saturated rings. The predicted octanol–water partition coefficient (Wildman–Crippen LogP) is 4.30. The highest BCUT2D eigenvalue weighted by molar-refractivity contribution is 6.01. The molecule has 4 aliphatic carbocycles. The summed E-state index contributed by atoms with van der Waals surface area (Å²) in [6.45, 7) is 3.02. The van der Waals surface area contributed by atoms with Gasteiger partial charge < -0.3 is 34.6 Å². The molecule has 0 amide bonds. The number of hydrogen-bond acceptors (Lipinski definition) is 9. The molecule has 9 atom stereocenters. The van der Waals surface area contributed by atoms with Crippen LogP contribution >= 0.6 is 0 Å². The number of aliphatic hydroxyl groups excluding tert-OH is 2. The maximum absolute atomic E-state index is 17.9. The first kappa shape index (κ1) is 36.6. The van der Waals surface area contributed by atoms with E-state index in [-0.39, 0.29) is 25.4 Å². The quantitative estimate of drug-likeness (QED) is 0.196. The molecule has 7 rings (SSSR count). The van der Waals surface area contributed by atoms with Gasteiger partial charge in [0.2, 0.25) is 5.78 Å². The first-order valence-corrected chi connectivity index (χ1v) is 18.2. The first-order valence-electron chi connectivity index (χ1n) is 18.2. The van der Waals surface area contributed by atoms with E-state index >= 15 is 4.39 Å². The number of quaternary nitrogens is 1. The second-order valence-corrected chi connectivity index (χ2v) is 17.0. The topological polar surface area (TPSA) is 145 Å². The third-order valence-corrected chi connectivity index (χ3v) is 12.8. The van der Waals surface area contributed by atoms with Crippen LogP contribution in [-0.2, 0) is 41.6 Å². The number of halogens is 1. The van der Waals surface area contributed by atoms with Crippen molar-refractivity contribution in [2.75, 3.05) is 40.0 Å². The lowest BCUT2D eigenvalue weighted by Crippen LogP contribution is -2.69. The smallest absolute Gasteiger partial charge is 0.362 e. The van der Waals surface area contributed by atoms with E-state index in [1.807, 2.05) is 64.5 Å². The van der Waals surface area contributed by atoms with Crippen molar-refractivity contribution in [3.63, 3.8) is 0 Å². The lowest BCUT2D eigenvalue weighted by molar-refractivity contribution is -0.862. The molecule has 52 heavy (non-hydrogen) atoms. The van der Waals surface area contributed by atoms with Gasteiger partial charge in [-0.1, -0.05) is 55.0 Å². The number of likely N-dealkylation sites (N-methyl/N-ethyl adjacent to an activating group) is 1. The molecule has 0 unspecified atom stereocenters. The number of nitrogen functional groups attached to an aromatic ring is 1. The molecule has 0 aromatic heterocycles. The van der Waals surface area contributed by atoms with Gasteiger partial charge in [-0.05, 0) is 74.3 Å². The van der Waals surface area contributed by atoms with E-state index in [0.717, 1.165) is 11.1 Å². The zero-order valence-corrected chi connectivity index (χ0v) is 30.6. The number of aliphatic hydroxyl groups is 2. The molecule has 1 heterocycles. The van der Waals surface area contributed by atoms with E-state index in [2.05, 4.69) is 0 Å². The summed E-state index contributed by atoms with van der Waals surface area (Å²) in [4.78, 5) is 39.8. The minimum absolute atomic E-state index is 0.0559. The summed E-state index contributed by atoms with van der Waals surface area (Å²) in [5, 5.41) is 21.5. The number of allylic oxidation sites excluding steroid dienone is 4. The molecule has 278 valence electrons. The highest BCUT2D eigenvalue weighted by Gasteiger charge is 2.79. The molecular weight excluding hydrogens is 667 g/mol. The van der Waals surface area contributed by atoms with Crippen molar-refractivity contribution >= 4 is 23.2 Å². The Morgan fingerprint density at radius 2 is 1.85 bits per heavy atom. The highest BCUT2D eigenvalue weighted by atomic mass is 19.1. The van der Waals surface area contributed by atoms with Crippen LogP contribution in [0.3, 0.4) is 0 Å². The van der Waals surface area contributed by atoms with Gasteiger partial charge in [0, 0.05) is 33.6 Å². The van der Waals surface area contributed by atoms with E-state index in [0.29, 0.717) is 52.6 Å². The summed E-state index contributed by atoms with van der Waals surface area (Å²) in [7, 11) is 5.55. The number of carbonyl (C=O) groups is 3. The molecule has 4 N–H and O–H groups in total. The Kier molecular flexibility index (Phi) is 8.94. The number of hydrogen-bond donors (Lipinski definition) is 3. The number of Topliss-reactive ketones (excluding diaryl/α,β-unsaturated/α-hetero) is 1.